The first-order chi connectivity index (χ1) is 8.76. The quantitative estimate of drug-likeness (QED) is 0.294. The third kappa shape index (κ3) is 9.26. The van der Waals surface area contributed by atoms with Crippen LogP contribution in [0.5, 0.6) is 0 Å². The Hall–Kier alpha value is -0.790. The minimum absolute atomic E-state index is 0.120. The van der Waals surface area contributed by atoms with Gasteiger partial charge in [-0.15, -0.1) is 0 Å². The lowest BCUT2D eigenvalue weighted by Gasteiger charge is -2.07. The lowest BCUT2D eigenvalue weighted by molar-refractivity contribution is -0.139. The Labute approximate surface area is 113 Å². The molecule has 0 aliphatic heterocycles. The second-order valence-corrected chi connectivity index (χ2v) is 4.82. The Morgan fingerprint density at radius 1 is 0.944 bits per heavy atom. The molecule has 2 nitrogen and oxygen atoms in total. The highest BCUT2D eigenvalue weighted by molar-refractivity contribution is 5.88. The standard InChI is InChI=1S/C16H30O2/c1-4-7-8-9-10-11-12-14-18-16(17)15(6-3)13-5-2/h6H,4-5,7-14H2,1-3H3. The van der Waals surface area contributed by atoms with E-state index in [-0.39, 0.29) is 5.97 Å². The largest absolute Gasteiger partial charge is 0.462 e. The van der Waals surface area contributed by atoms with Crippen LogP contribution in [0.25, 0.3) is 0 Å². The van der Waals surface area contributed by atoms with Gasteiger partial charge in [-0.3, -0.25) is 0 Å². The monoisotopic (exact) mass is 254 g/mol. The minimum Gasteiger partial charge on any atom is -0.462 e. The summed E-state index contributed by atoms with van der Waals surface area (Å²) in [5.41, 5.74) is 0.820. The van der Waals surface area contributed by atoms with Crippen molar-refractivity contribution in [3.05, 3.63) is 11.6 Å². The highest BCUT2D eigenvalue weighted by Gasteiger charge is 2.08. The topological polar surface area (TPSA) is 26.3 Å². The fourth-order valence-corrected chi connectivity index (χ4v) is 1.95. The summed E-state index contributed by atoms with van der Waals surface area (Å²) in [6, 6.07) is 0. The lowest BCUT2D eigenvalue weighted by Crippen LogP contribution is -2.09. The maximum atomic E-state index is 11.6. The molecule has 0 aliphatic carbocycles. The lowest BCUT2D eigenvalue weighted by atomic mass is 10.1. The molecule has 0 unspecified atom stereocenters. The van der Waals surface area contributed by atoms with Gasteiger partial charge in [0.15, 0.2) is 0 Å². The van der Waals surface area contributed by atoms with Gasteiger partial charge in [-0.25, -0.2) is 4.79 Å². The van der Waals surface area contributed by atoms with E-state index < -0.39 is 0 Å². The number of carbonyl (C=O) groups excluding carboxylic acids is 1. The summed E-state index contributed by atoms with van der Waals surface area (Å²) in [5, 5.41) is 0. The van der Waals surface area contributed by atoms with E-state index in [1.807, 2.05) is 13.0 Å². The summed E-state index contributed by atoms with van der Waals surface area (Å²) in [4.78, 5) is 11.6. The molecule has 0 saturated heterocycles. The number of carbonyl (C=O) groups is 1. The number of hydrogen-bond acceptors (Lipinski definition) is 2. The Bertz CT molecular complexity index is 231. The molecule has 0 aliphatic rings. The van der Waals surface area contributed by atoms with Gasteiger partial charge in [-0.1, -0.05) is 64.9 Å². The normalized spacial score (nSPS) is 11.6. The van der Waals surface area contributed by atoms with Crippen molar-refractivity contribution < 1.29 is 9.53 Å². The maximum Gasteiger partial charge on any atom is 0.333 e. The van der Waals surface area contributed by atoms with E-state index in [0.717, 1.165) is 24.8 Å². The molecule has 0 aromatic carbocycles. The van der Waals surface area contributed by atoms with Crippen LogP contribution >= 0.6 is 0 Å². The Kier molecular flexibility index (Phi) is 12.1. The van der Waals surface area contributed by atoms with Crippen molar-refractivity contribution in [2.24, 2.45) is 0 Å². The number of allylic oxidation sites excluding steroid dienone is 1. The van der Waals surface area contributed by atoms with E-state index in [1.165, 1.54) is 38.5 Å². The van der Waals surface area contributed by atoms with Crippen molar-refractivity contribution in [1.29, 1.82) is 0 Å². The van der Waals surface area contributed by atoms with Crippen molar-refractivity contribution >= 4 is 5.97 Å². The van der Waals surface area contributed by atoms with Crippen molar-refractivity contribution in [3.63, 3.8) is 0 Å². The number of ether oxygens (including phenoxy) is 1. The van der Waals surface area contributed by atoms with Crippen molar-refractivity contribution in [2.45, 2.75) is 78.6 Å². The molecule has 0 radical (unpaired) electrons. The molecule has 0 spiro atoms. The van der Waals surface area contributed by atoms with Gasteiger partial charge < -0.3 is 4.74 Å². The van der Waals surface area contributed by atoms with Crippen molar-refractivity contribution in [2.75, 3.05) is 6.61 Å². The minimum atomic E-state index is -0.120. The van der Waals surface area contributed by atoms with Crippen LogP contribution in [0.15, 0.2) is 11.6 Å². The predicted molar refractivity (Wildman–Crippen MR) is 77.6 cm³/mol. The number of unbranched alkanes of at least 4 members (excludes halogenated alkanes) is 6. The SMILES string of the molecule is CC=C(CCC)C(=O)OCCCCCCCCC. The molecule has 0 bridgehead atoms. The Balaban J connectivity index is 3.45. The number of hydrogen-bond donors (Lipinski definition) is 0. The first kappa shape index (κ1) is 17.2. The highest BCUT2D eigenvalue weighted by atomic mass is 16.5. The molecule has 18 heavy (non-hydrogen) atoms. The molecule has 0 N–H and O–H groups in total. The van der Waals surface area contributed by atoms with Crippen LogP contribution in [0.1, 0.15) is 78.6 Å². The van der Waals surface area contributed by atoms with Crippen molar-refractivity contribution in [3.8, 4) is 0 Å². The first-order valence-electron chi connectivity index (χ1n) is 7.58. The molecule has 0 saturated carbocycles. The average molecular weight is 254 g/mol. The molecule has 0 atom stereocenters. The van der Waals surface area contributed by atoms with E-state index >= 15 is 0 Å². The second kappa shape index (κ2) is 12.7. The Morgan fingerprint density at radius 3 is 2.11 bits per heavy atom. The predicted octanol–water partition coefficient (Wildman–Crippen LogP) is 5.03. The summed E-state index contributed by atoms with van der Waals surface area (Å²) in [7, 11) is 0. The first-order valence-corrected chi connectivity index (χ1v) is 7.58. The van der Waals surface area contributed by atoms with E-state index in [0.29, 0.717) is 6.61 Å². The summed E-state index contributed by atoms with van der Waals surface area (Å²) < 4.78 is 5.27. The van der Waals surface area contributed by atoms with Crippen LogP contribution in [0.4, 0.5) is 0 Å². The van der Waals surface area contributed by atoms with E-state index in [4.69, 9.17) is 4.74 Å². The van der Waals surface area contributed by atoms with Crippen LogP contribution < -0.4 is 0 Å². The van der Waals surface area contributed by atoms with Gasteiger partial charge in [-0.05, 0) is 19.8 Å². The zero-order valence-corrected chi connectivity index (χ0v) is 12.5. The zero-order chi connectivity index (χ0) is 13.6. The highest BCUT2D eigenvalue weighted by Crippen LogP contribution is 2.09. The summed E-state index contributed by atoms with van der Waals surface area (Å²) >= 11 is 0. The summed E-state index contributed by atoms with van der Waals surface area (Å²) in [6.45, 7) is 6.79. The van der Waals surface area contributed by atoms with Gasteiger partial charge in [0.05, 0.1) is 6.61 Å². The molecule has 0 fully saturated rings. The molecule has 0 amide bonds. The molecule has 0 rings (SSSR count). The third-order valence-corrected chi connectivity index (χ3v) is 3.11. The number of rotatable bonds is 11. The van der Waals surface area contributed by atoms with Crippen LogP contribution in [0, 0.1) is 0 Å². The van der Waals surface area contributed by atoms with Gasteiger partial charge in [0.25, 0.3) is 0 Å². The fraction of sp³-hybridized carbons (Fsp3) is 0.812. The Morgan fingerprint density at radius 2 is 1.56 bits per heavy atom. The van der Waals surface area contributed by atoms with Crippen LogP contribution in [-0.2, 0) is 9.53 Å². The zero-order valence-electron chi connectivity index (χ0n) is 12.5. The van der Waals surface area contributed by atoms with Crippen LogP contribution in [-0.4, -0.2) is 12.6 Å². The van der Waals surface area contributed by atoms with E-state index in [1.54, 1.807) is 0 Å². The summed E-state index contributed by atoms with van der Waals surface area (Å²) in [5.74, 6) is -0.120. The number of esters is 1. The third-order valence-electron chi connectivity index (χ3n) is 3.11. The molecular weight excluding hydrogens is 224 g/mol. The maximum absolute atomic E-state index is 11.6. The summed E-state index contributed by atoms with van der Waals surface area (Å²) in [6.07, 6.45) is 12.4. The van der Waals surface area contributed by atoms with Gasteiger partial charge >= 0.3 is 5.97 Å². The smallest absolute Gasteiger partial charge is 0.333 e. The molecule has 0 aromatic rings. The van der Waals surface area contributed by atoms with E-state index in [9.17, 15) is 4.79 Å². The molecule has 0 heterocycles. The van der Waals surface area contributed by atoms with Gasteiger partial charge in [0.1, 0.15) is 0 Å². The average Bonchev–Trinajstić information content (AvgIpc) is 2.38. The van der Waals surface area contributed by atoms with Crippen LogP contribution in [0.2, 0.25) is 0 Å². The van der Waals surface area contributed by atoms with Crippen LogP contribution in [0.3, 0.4) is 0 Å². The van der Waals surface area contributed by atoms with Crippen molar-refractivity contribution in [1.82, 2.24) is 0 Å². The van der Waals surface area contributed by atoms with Gasteiger partial charge in [-0.2, -0.15) is 0 Å². The second-order valence-electron chi connectivity index (χ2n) is 4.82. The van der Waals surface area contributed by atoms with Gasteiger partial charge in [0, 0.05) is 5.57 Å². The molecule has 106 valence electrons. The fourth-order valence-electron chi connectivity index (χ4n) is 1.95. The molecular formula is C16H30O2. The van der Waals surface area contributed by atoms with E-state index in [2.05, 4.69) is 13.8 Å². The molecule has 2 heteroatoms. The van der Waals surface area contributed by atoms with Gasteiger partial charge in [0.2, 0.25) is 0 Å². The molecule has 0 aromatic heterocycles.